The summed E-state index contributed by atoms with van der Waals surface area (Å²) >= 11 is 0. The van der Waals surface area contributed by atoms with Crippen molar-refractivity contribution in [3.63, 3.8) is 0 Å². The van der Waals surface area contributed by atoms with Crippen molar-refractivity contribution < 1.29 is 12.8 Å². The number of imidazole rings is 1. The van der Waals surface area contributed by atoms with Crippen LogP contribution in [0.5, 0.6) is 0 Å². The predicted molar refractivity (Wildman–Crippen MR) is 140 cm³/mol. The Hall–Kier alpha value is -3.38. The molecule has 5 rings (SSSR count). The number of nitrogens with two attached hydrogens (primary N) is 1. The van der Waals surface area contributed by atoms with Crippen LogP contribution in [0, 0.1) is 0 Å². The number of nitrogens with one attached hydrogen (secondary N) is 2. The Balaban J connectivity index is 1.36. The molecule has 0 aliphatic carbocycles. The van der Waals surface area contributed by atoms with Crippen molar-refractivity contribution >= 4 is 15.8 Å². The number of sulfonamides is 1. The topological polar surface area (TPSA) is 126 Å². The fraction of sp³-hybridized carbons (Fsp3) is 0.308. The largest absolute Gasteiger partial charge is 0.330 e. The third-order valence-corrected chi connectivity index (χ3v) is 8.39. The maximum atomic E-state index is 13.5. The van der Waals surface area contributed by atoms with Crippen molar-refractivity contribution in [2.24, 2.45) is 5.73 Å². The Kier molecular flexibility index (Phi) is 7.20. The molecule has 2 aromatic heterocycles. The first kappa shape index (κ1) is 25.3. The van der Waals surface area contributed by atoms with Crippen LogP contribution in [0.15, 0.2) is 70.6 Å². The summed E-state index contributed by atoms with van der Waals surface area (Å²) in [6.07, 6.45) is 3.55. The SMILES string of the molecule is NCCCNCc1ccc(-c2cn3cc(-c4ccc(S(=O)(=O)N5CCC(F)C5)cc4)[nH]c3nc2=O)cc1. The molecule has 2 aromatic carbocycles. The minimum atomic E-state index is -3.73. The molecular weight excluding hydrogens is 495 g/mol. The number of alkyl halides is 1. The number of H-pyrrole nitrogens is 1. The number of hydrogen-bond donors (Lipinski definition) is 3. The van der Waals surface area contributed by atoms with Gasteiger partial charge in [-0.05, 0) is 54.8 Å². The second-order valence-electron chi connectivity index (χ2n) is 9.15. The molecule has 1 atom stereocenters. The third kappa shape index (κ3) is 5.35. The van der Waals surface area contributed by atoms with Crippen LogP contribution in [-0.2, 0) is 16.6 Å². The number of aromatic nitrogens is 3. The molecule has 1 aliphatic heterocycles. The smallest absolute Gasteiger partial charge is 0.282 e. The summed E-state index contributed by atoms with van der Waals surface area (Å²) in [6, 6.07) is 14.2. The predicted octanol–water partition coefficient (Wildman–Crippen LogP) is 2.53. The van der Waals surface area contributed by atoms with E-state index < -0.39 is 16.2 Å². The van der Waals surface area contributed by atoms with E-state index in [-0.39, 0.29) is 30.0 Å². The van der Waals surface area contributed by atoms with Crippen LogP contribution in [-0.4, -0.2) is 59.4 Å². The Morgan fingerprint density at radius 2 is 1.81 bits per heavy atom. The monoisotopic (exact) mass is 524 g/mol. The third-order valence-electron chi connectivity index (χ3n) is 6.51. The number of hydrogen-bond acceptors (Lipinski definition) is 6. The van der Waals surface area contributed by atoms with Gasteiger partial charge < -0.3 is 16.0 Å². The van der Waals surface area contributed by atoms with E-state index in [4.69, 9.17) is 5.73 Å². The van der Waals surface area contributed by atoms with Crippen LogP contribution >= 0.6 is 0 Å². The van der Waals surface area contributed by atoms with Crippen molar-refractivity contribution in [3.8, 4) is 22.4 Å². The van der Waals surface area contributed by atoms with Gasteiger partial charge in [-0.1, -0.05) is 36.4 Å². The minimum Gasteiger partial charge on any atom is -0.330 e. The van der Waals surface area contributed by atoms with Crippen molar-refractivity contribution in [2.45, 2.75) is 30.5 Å². The van der Waals surface area contributed by atoms with E-state index >= 15 is 0 Å². The van der Waals surface area contributed by atoms with Crippen molar-refractivity contribution in [3.05, 3.63) is 76.8 Å². The van der Waals surface area contributed by atoms with Crippen molar-refractivity contribution in [1.82, 2.24) is 24.0 Å². The summed E-state index contributed by atoms with van der Waals surface area (Å²) in [5.41, 5.74) is 8.93. The fourth-order valence-electron chi connectivity index (χ4n) is 4.42. The summed E-state index contributed by atoms with van der Waals surface area (Å²) < 4.78 is 42.0. The highest BCUT2D eigenvalue weighted by Crippen LogP contribution is 2.26. The van der Waals surface area contributed by atoms with Gasteiger partial charge in [0.1, 0.15) is 6.17 Å². The highest BCUT2D eigenvalue weighted by Gasteiger charge is 2.32. The molecule has 4 N–H and O–H groups in total. The molecule has 11 heteroatoms. The molecule has 37 heavy (non-hydrogen) atoms. The molecule has 1 fully saturated rings. The maximum Gasteiger partial charge on any atom is 0.282 e. The summed E-state index contributed by atoms with van der Waals surface area (Å²) in [7, 11) is -3.73. The van der Waals surface area contributed by atoms with E-state index in [1.54, 1.807) is 28.9 Å². The molecular formula is C26H29FN6O3S. The van der Waals surface area contributed by atoms with Gasteiger partial charge >= 0.3 is 0 Å². The van der Waals surface area contributed by atoms with Gasteiger partial charge in [0, 0.05) is 32.0 Å². The van der Waals surface area contributed by atoms with E-state index in [1.165, 1.54) is 16.4 Å². The highest BCUT2D eigenvalue weighted by molar-refractivity contribution is 7.89. The number of halogens is 1. The van der Waals surface area contributed by atoms with Crippen LogP contribution in [0.4, 0.5) is 4.39 Å². The standard InChI is InChI=1S/C26H29FN6O3S/c27-21-10-13-33(15-21)37(35,36)22-8-6-20(7-9-22)24-17-32-16-23(25(34)31-26(32)30-24)19-4-2-18(3-5-19)14-29-12-1-11-28/h2-9,16-17,21,29H,1,10-15,28H2,(H,30,31,34). The number of benzene rings is 2. The van der Waals surface area contributed by atoms with Gasteiger partial charge in [-0.25, -0.2) is 12.8 Å². The van der Waals surface area contributed by atoms with Gasteiger partial charge in [0.15, 0.2) is 0 Å². The quantitative estimate of drug-likeness (QED) is 0.289. The van der Waals surface area contributed by atoms with E-state index in [0.717, 1.165) is 36.2 Å². The normalized spacial score (nSPS) is 16.5. The van der Waals surface area contributed by atoms with Gasteiger partial charge in [-0.3, -0.25) is 9.20 Å². The van der Waals surface area contributed by atoms with E-state index in [0.29, 0.717) is 23.6 Å². The zero-order valence-corrected chi connectivity index (χ0v) is 21.0. The molecule has 4 aromatic rings. The van der Waals surface area contributed by atoms with Gasteiger partial charge in [0.05, 0.1) is 16.2 Å². The van der Waals surface area contributed by atoms with Crippen LogP contribution in [0.3, 0.4) is 0 Å². The number of aromatic amines is 1. The molecule has 194 valence electrons. The molecule has 0 bridgehead atoms. The van der Waals surface area contributed by atoms with Gasteiger partial charge in [-0.2, -0.15) is 9.29 Å². The number of rotatable bonds is 9. The summed E-state index contributed by atoms with van der Waals surface area (Å²) in [4.78, 5) is 20.2. The number of nitrogens with zero attached hydrogens (tertiary/aromatic N) is 3. The van der Waals surface area contributed by atoms with Gasteiger partial charge in [-0.15, -0.1) is 0 Å². The van der Waals surface area contributed by atoms with Crippen LogP contribution in [0.2, 0.25) is 0 Å². The lowest BCUT2D eigenvalue weighted by atomic mass is 10.1. The molecule has 1 saturated heterocycles. The lowest BCUT2D eigenvalue weighted by Crippen LogP contribution is -2.29. The zero-order chi connectivity index (χ0) is 26.0. The Morgan fingerprint density at radius 3 is 2.49 bits per heavy atom. The maximum absolute atomic E-state index is 13.5. The zero-order valence-electron chi connectivity index (χ0n) is 20.2. The molecule has 3 heterocycles. The van der Waals surface area contributed by atoms with Crippen LogP contribution < -0.4 is 16.6 Å². The summed E-state index contributed by atoms with van der Waals surface area (Å²) in [5, 5.41) is 3.33. The lowest BCUT2D eigenvalue weighted by Gasteiger charge is -2.15. The van der Waals surface area contributed by atoms with Crippen molar-refractivity contribution in [2.75, 3.05) is 26.2 Å². The Labute approximate surface area is 214 Å². The van der Waals surface area contributed by atoms with Gasteiger partial charge in [0.25, 0.3) is 5.56 Å². The van der Waals surface area contributed by atoms with Crippen LogP contribution in [0.25, 0.3) is 28.2 Å². The first-order chi connectivity index (χ1) is 17.8. The Bertz CT molecular complexity index is 1550. The molecule has 9 nitrogen and oxygen atoms in total. The second kappa shape index (κ2) is 10.5. The van der Waals surface area contributed by atoms with E-state index in [9.17, 15) is 17.6 Å². The molecule has 0 amide bonds. The minimum absolute atomic E-state index is 0.108. The molecule has 0 spiro atoms. The first-order valence-electron chi connectivity index (χ1n) is 12.2. The Morgan fingerprint density at radius 1 is 1.08 bits per heavy atom. The van der Waals surface area contributed by atoms with E-state index in [1.807, 2.05) is 24.3 Å². The van der Waals surface area contributed by atoms with Gasteiger partial charge in [0.2, 0.25) is 15.8 Å². The molecule has 1 aliphatic rings. The van der Waals surface area contributed by atoms with E-state index in [2.05, 4.69) is 15.3 Å². The van der Waals surface area contributed by atoms with Crippen LogP contribution in [0.1, 0.15) is 18.4 Å². The lowest BCUT2D eigenvalue weighted by molar-refractivity contribution is 0.343. The number of fused-ring (bicyclic) bond motifs is 1. The molecule has 0 radical (unpaired) electrons. The highest BCUT2D eigenvalue weighted by atomic mass is 32.2. The first-order valence-corrected chi connectivity index (χ1v) is 13.7. The fourth-order valence-corrected chi connectivity index (χ4v) is 5.90. The average molecular weight is 525 g/mol. The molecule has 0 saturated carbocycles. The van der Waals surface area contributed by atoms with Crippen molar-refractivity contribution in [1.29, 1.82) is 0 Å². The molecule has 1 unspecified atom stereocenters. The second-order valence-corrected chi connectivity index (χ2v) is 11.1. The summed E-state index contributed by atoms with van der Waals surface area (Å²) in [6.45, 7) is 2.31. The average Bonchev–Trinajstić information content (AvgIpc) is 3.53. The summed E-state index contributed by atoms with van der Waals surface area (Å²) in [5.74, 6) is 0.382.